The molecule has 0 bridgehead atoms. The summed E-state index contributed by atoms with van der Waals surface area (Å²) in [5.41, 5.74) is 0.428. The fraction of sp³-hybridized carbons (Fsp3) is 0.0909. The summed E-state index contributed by atoms with van der Waals surface area (Å²) in [5.74, 6) is 0.712. The van der Waals surface area contributed by atoms with Gasteiger partial charge in [-0.15, -0.1) is 0 Å². The minimum atomic E-state index is -0.555. The molecule has 2 heterocycles. The van der Waals surface area contributed by atoms with Crippen LogP contribution in [0.4, 0.5) is 5.82 Å². The van der Waals surface area contributed by atoms with E-state index in [4.69, 9.17) is 16.3 Å². The highest BCUT2D eigenvalue weighted by Gasteiger charge is 2.13. The number of aryl methyl sites for hydroxylation is 1. The van der Waals surface area contributed by atoms with Crippen LogP contribution in [0.5, 0.6) is 11.5 Å². The third-order valence-corrected chi connectivity index (χ3v) is 2.34. The molecule has 0 atom stereocenters. The van der Waals surface area contributed by atoms with Gasteiger partial charge in [0.25, 0.3) is 0 Å². The zero-order valence-corrected chi connectivity index (χ0v) is 10.1. The highest BCUT2D eigenvalue weighted by Crippen LogP contribution is 2.26. The first-order valence-electron chi connectivity index (χ1n) is 4.98. The van der Waals surface area contributed by atoms with Gasteiger partial charge in [-0.1, -0.05) is 11.6 Å². The average molecular weight is 266 g/mol. The van der Waals surface area contributed by atoms with Crippen molar-refractivity contribution in [3.8, 4) is 11.5 Å². The predicted octanol–water partition coefficient (Wildman–Crippen LogP) is 3.14. The van der Waals surface area contributed by atoms with Gasteiger partial charge in [0, 0.05) is 25.3 Å². The summed E-state index contributed by atoms with van der Waals surface area (Å²) < 4.78 is 5.52. The smallest absolute Gasteiger partial charge is 0.363 e. The minimum absolute atomic E-state index is 0.215. The van der Waals surface area contributed by atoms with Gasteiger partial charge in [0.2, 0.25) is 0 Å². The van der Waals surface area contributed by atoms with E-state index in [1.54, 1.807) is 19.1 Å². The largest absolute Gasteiger partial charge is 0.453 e. The molecule has 2 rings (SSSR count). The average Bonchev–Trinajstić information content (AvgIpc) is 2.31. The summed E-state index contributed by atoms with van der Waals surface area (Å²) in [6.07, 6.45) is 1.51. The molecular formula is C11H8ClN3O3. The van der Waals surface area contributed by atoms with Crippen molar-refractivity contribution in [3.05, 3.63) is 51.4 Å². The van der Waals surface area contributed by atoms with E-state index in [2.05, 4.69) is 9.97 Å². The van der Waals surface area contributed by atoms with Crippen LogP contribution in [0.2, 0.25) is 5.15 Å². The van der Waals surface area contributed by atoms with E-state index in [1.807, 2.05) is 0 Å². The van der Waals surface area contributed by atoms with Gasteiger partial charge in [0.15, 0.2) is 11.4 Å². The summed E-state index contributed by atoms with van der Waals surface area (Å²) >= 11 is 5.72. The Balaban J connectivity index is 2.27. The van der Waals surface area contributed by atoms with Crippen molar-refractivity contribution in [2.75, 3.05) is 0 Å². The summed E-state index contributed by atoms with van der Waals surface area (Å²) in [6.45, 7) is 1.63. The van der Waals surface area contributed by atoms with Gasteiger partial charge in [0.1, 0.15) is 10.9 Å². The number of ether oxygens (including phenoxy) is 1. The number of nitro groups is 1. The molecule has 0 radical (unpaired) electrons. The molecular weight excluding hydrogens is 258 g/mol. The molecule has 0 N–H and O–H groups in total. The van der Waals surface area contributed by atoms with E-state index in [0.29, 0.717) is 22.3 Å². The Hall–Kier alpha value is -2.21. The Morgan fingerprint density at radius 3 is 2.78 bits per heavy atom. The van der Waals surface area contributed by atoms with Gasteiger partial charge >= 0.3 is 5.82 Å². The van der Waals surface area contributed by atoms with Crippen molar-refractivity contribution < 1.29 is 9.66 Å². The van der Waals surface area contributed by atoms with Crippen molar-refractivity contribution in [3.63, 3.8) is 0 Å². The third kappa shape index (κ3) is 2.72. The Morgan fingerprint density at radius 1 is 1.39 bits per heavy atom. The molecule has 2 aromatic rings. The summed E-state index contributed by atoms with van der Waals surface area (Å²) in [7, 11) is 0. The highest BCUT2D eigenvalue weighted by molar-refractivity contribution is 6.29. The van der Waals surface area contributed by atoms with Crippen molar-refractivity contribution in [1.29, 1.82) is 0 Å². The molecule has 0 saturated heterocycles. The summed E-state index contributed by atoms with van der Waals surface area (Å²) in [5, 5.41) is 10.8. The van der Waals surface area contributed by atoms with Crippen LogP contribution in [0.3, 0.4) is 0 Å². The van der Waals surface area contributed by atoms with Crippen LogP contribution in [0.15, 0.2) is 30.5 Å². The molecule has 7 heteroatoms. The van der Waals surface area contributed by atoms with Gasteiger partial charge in [-0.05, 0) is 22.0 Å². The van der Waals surface area contributed by atoms with Crippen LogP contribution >= 0.6 is 11.6 Å². The number of hydrogen-bond acceptors (Lipinski definition) is 5. The molecule has 92 valence electrons. The first kappa shape index (κ1) is 12.3. The summed E-state index contributed by atoms with van der Waals surface area (Å²) in [4.78, 5) is 17.6. The van der Waals surface area contributed by atoms with Crippen LogP contribution in [-0.2, 0) is 0 Å². The lowest BCUT2D eigenvalue weighted by molar-refractivity contribution is -0.389. The van der Waals surface area contributed by atoms with Crippen LogP contribution in [-0.4, -0.2) is 14.9 Å². The maximum atomic E-state index is 10.5. The molecule has 0 aliphatic heterocycles. The van der Waals surface area contributed by atoms with Crippen molar-refractivity contribution >= 4 is 17.4 Å². The van der Waals surface area contributed by atoms with Gasteiger partial charge in [-0.3, -0.25) is 0 Å². The molecule has 0 spiro atoms. The van der Waals surface area contributed by atoms with Gasteiger partial charge in [-0.25, -0.2) is 4.98 Å². The van der Waals surface area contributed by atoms with E-state index >= 15 is 0 Å². The van der Waals surface area contributed by atoms with Gasteiger partial charge < -0.3 is 14.9 Å². The highest BCUT2D eigenvalue weighted by atomic mass is 35.5. The lowest BCUT2D eigenvalue weighted by Crippen LogP contribution is -1.96. The van der Waals surface area contributed by atoms with E-state index in [0.717, 1.165) is 0 Å². The number of nitrogens with zero attached hydrogens (tertiary/aromatic N) is 3. The van der Waals surface area contributed by atoms with Gasteiger partial charge in [-0.2, -0.15) is 0 Å². The zero-order valence-electron chi connectivity index (χ0n) is 9.33. The zero-order chi connectivity index (χ0) is 13.1. The van der Waals surface area contributed by atoms with Crippen molar-refractivity contribution in [2.45, 2.75) is 6.92 Å². The van der Waals surface area contributed by atoms with Crippen molar-refractivity contribution in [1.82, 2.24) is 9.97 Å². The number of rotatable bonds is 3. The predicted molar refractivity (Wildman–Crippen MR) is 64.9 cm³/mol. The quantitative estimate of drug-likeness (QED) is 0.484. The normalized spacial score (nSPS) is 10.1. The molecule has 18 heavy (non-hydrogen) atoms. The Kier molecular flexibility index (Phi) is 3.38. The number of hydrogen-bond donors (Lipinski definition) is 0. The Labute approximate surface area is 107 Å². The van der Waals surface area contributed by atoms with Crippen LogP contribution in [0.1, 0.15) is 5.69 Å². The fourth-order valence-electron chi connectivity index (χ4n) is 1.32. The van der Waals surface area contributed by atoms with Crippen molar-refractivity contribution in [2.24, 2.45) is 0 Å². The monoisotopic (exact) mass is 265 g/mol. The van der Waals surface area contributed by atoms with Crippen LogP contribution in [0.25, 0.3) is 0 Å². The van der Waals surface area contributed by atoms with E-state index < -0.39 is 4.92 Å². The van der Waals surface area contributed by atoms with E-state index in [9.17, 15) is 10.1 Å². The first-order valence-corrected chi connectivity index (χ1v) is 5.35. The second-order valence-electron chi connectivity index (χ2n) is 3.43. The Morgan fingerprint density at radius 2 is 2.17 bits per heavy atom. The SMILES string of the molecule is Cc1nc([N+](=O)[O-])ccc1Oc1ccnc(Cl)c1. The second-order valence-corrected chi connectivity index (χ2v) is 3.81. The molecule has 0 aliphatic rings. The van der Waals surface area contributed by atoms with E-state index in [-0.39, 0.29) is 5.82 Å². The number of aromatic nitrogens is 2. The first-order chi connectivity index (χ1) is 8.56. The van der Waals surface area contributed by atoms with E-state index in [1.165, 1.54) is 18.3 Å². The number of pyridine rings is 2. The molecule has 2 aromatic heterocycles. The molecule has 0 fully saturated rings. The molecule has 0 aromatic carbocycles. The molecule has 6 nitrogen and oxygen atoms in total. The third-order valence-electron chi connectivity index (χ3n) is 2.14. The fourth-order valence-corrected chi connectivity index (χ4v) is 1.48. The van der Waals surface area contributed by atoms with Crippen LogP contribution < -0.4 is 4.74 Å². The summed E-state index contributed by atoms with van der Waals surface area (Å²) in [6, 6.07) is 5.95. The van der Waals surface area contributed by atoms with Gasteiger partial charge in [0.05, 0.1) is 0 Å². The Bertz CT molecular complexity index is 604. The minimum Gasteiger partial charge on any atom is -0.453 e. The standard InChI is InChI=1S/C11H8ClN3O3/c1-7-9(2-3-11(14-7)15(16)17)18-8-4-5-13-10(12)6-8/h2-6H,1H3. The molecule has 0 saturated carbocycles. The maximum absolute atomic E-state index is 10.5. The lowest BCUT2D eigenvalue weighted by atomic mass is 10.3. The maximum Gasteiger partial charge on any atom is 0.363 e. The molecule has 0 aliphatic carbocycles. The van der Waals surface area contributed by atoms with Crippen LogP contribution in [0, 0.1) is 17.0 Å². The molecule has 0 amide bonds. The number of halogens is 1. The topological polar surface area (TPSA) is 78.2 Å². The molecule has 0 unspecified atom stereocenters. The lowest BCUT2D eigenvalue weighted by Gasteiger charge is -2.05. The second kappa shape index (κ2) is 4.97.